The van der Waals surface area contributed by atoms with Crippen LogP contribution in [0.1, 0.15) is 32.4 Å². The maximum Gasteiger partial charge on any atom is 0.282 e. The highest BCUT2D eigenvalue weighted by Crippen LogP contribution is 2.37. The molecule has 0 spiro atoms. The van der Waals surface area contributed by atoms with Crippen molar-refractivity contribution in [2.75, 3.05) is 18.6 Å². The van der Waals surface area contributed by atoms with E-state index >= 15 is 0 Å². The van der Waals surface area contributed by atoms with E-state index in [2.05, 4.69) is 26.5 Å². The second-order valence-corrected chi connectivity index (χ2v) is 7.87. The minimum Gasteiger partial charge on any atom is -0.495 e. The summed E-state index contributed by atoms with van der Waals surface area (Å²) < 4.78 is 18.5. The molecule has 2 heterocycles. The average molecular weight is 412 g/mol. The smallest absolute Gasteiger partial charge is 0.282 e. The van der Waals surface area contributed by atoms with Gasteiger partial charge in [0.15, 0.2) is 0 Å². The number of para-hydroxylation sites is 1. The number of amides is 1. The number of carbonyl (C=O) groups is 1. The van der Waals surface area contributed by atoms with Crippen molar-refractivity contribution in [3.63, 3.8) is 0 Å². The molecule has 29 heavy (non-hydrogen) atoms. The molecule has 150 valence electrons. The third kappa shape index (κ3) is 4.37. The van der Waals surface area contributed by atoms with E-state index in [0.29, 0.717) is 18.1 Å². The molecule has 0 radical (unpaired) electrons. The van der Waals surface area contributed by atoms with E-state index in [1.165, 1.54) is 29.0 Å². The number of nitrogens with zero attached hydrogens (tertiary/aromatic N) is 3. The lowest BCUT2D eigenvalue weighted by Gasteiger charge is -2.31. The number of hydrogen-bond donors (Lipinski definition) is 1. The summed E-state index contributed by atoms with van der Waals surface area (Å²) in [7, 11) is 1.68. The highest BCUT2D eigenvalue weighted by atomic mass is 32.1. The van der Waals surface area contributed by atoms with Crippen molar-refractivity contribution in [3.05, 3.63) is 69.4 Å². The molecule has 2 aromatic carbocycles. The number of fused-ring (bicyclic) bond motifs is 1. The highest BCUT2D eigenvalue weighted by Gasteiger charge is 2.23. The van der Waals surface area contributed by atoms with Gasteiger partial charge in [0.05, 0.1) is 19.3 Å². The Bertz CT molecular complexity index is 992. The quantitative estimate of drug-likeness (QED) is 0.671. The zero-order chi connectivity index (χ0) is 20.2. The van der Waals surface area contributed by atoms with Crippen LogP contribution >= 0.6 is 11.3 Å². The lowest BCUT2D eigenvalue weighted by atomic mass is 10.0. The van der Waals surface area contributed by atoms with Crippen LogP contribution in [0, 0.1) is 5.82 Å². The number of hydrogen-bond acceptors (Lipinski definition) is 6. The van der Waals surface area contributed by atoms with Crippen molar-refractivity contribution in [1.82, 2.24) is 15.5 Å². The van der Waals surface area contributed by atoms with Gasteiger partial charge in [-0.25, -0.2) is 4.39 Å². The van der Waals surface area contributed by atoms with Gasteiger partial charge in [-0.1, -0.05) is 35.6 Å². The van der Waals surface area contributed by atoms with E-state index < -0.39 is 0 Å². The third-order valence-corrected chi connectivity index (χ3v) is 5.75. The first kappa shape index (κ1) is 19.3. The van der Waals surface area contributed by atoms with Gasteiger partial charge >= 0.3 is 0 Å². The number of ether oxygens (including phenoxy) is 1. The van der Waals surface area contributed by atoms with Crippen LogP contribution in [0.3, 0.4) is 0 Å². The van der Waals surface area contributed by atoms with Crippen LogP contribution in [-0.4, -0.2) is 29.8 Å². The Morgan fingerprint density at radius 3 is 2.86 bits per heavy atom. The number of aromatic nitrogens is 2. The fourth-order valence-corrected chi connectivity index (χ4v) is 4.23. The molecule has 0 unspecified atom stereocenters. The monoisotopic (exact) mass is 412 g/mol. The van der Waals surface area contributed by atoms with E-state index in [0.717, 1.165) is 41.4 Å². The van der Waals surface area contributed by atoms with E-state index in [1.807, 2.05) is 12.1 Å². The Hall–Kier alpha value is -3.00. The summed E-state index contributed by atoms with van der Waals surface area (Å²) in [4.78, 5) is 14.6. The molecule has 1 amide bonds. The van der Waals surface area contributed by atoms with Crippen molar-refractivity contribution in [2.45, 2.75) is 25.9 Å². The minimum absolute atomic E-state index is 0.283. The normalized spacial score (nSPS) is 13.1. The van der Waals surface area contributed by atoms with Gasteiger partial charge in [0.2, 0.25) is 5.01 Å². The number of nitrogens with one attached hydrogen (secondary N) is 1. The van der Waals surface area contributed by atoms with Crippen molar-refractivity contribution in [1.29, 1.82) is 0 Å². The lowest BCUT2D eigenvalue weighted by molar-refractivity contribution is 0.0950. The van der Waals surface area contributed by atoms with Crippen molar-refractivity contribution < 1.29 is 13.9 Å². The van der Waals surface area contributed by atoms with Gasteiger partial charge in [-0.15, -0.1) is 10.2 Å². The van der Waals surface area contributed by atoms with Crippen LogP contribution in [0.15, 0.2) is 42.5 Å². The van der Waals surface area contributed by atoms with E-state index in [1.54, 1.807) is 19.2 Å². The molecule has 0 bridgehead atoms. The average Bonchev–Trinajstić information content (AvgIpc) is 3.21. The first-order chi connectivity index (χ1) is 14.1. The Balaban J connectivity index is 1.42. The number of methoxy groups -OCH3 is 1. The van der Waals surface area contributed by atoms with Gasteiger partial charge in [-0.05, 0) is 42.2 Å². The Morgan fingerprint density at radius 1 is 1.24 bits per heavy atom. The zero-order valence-corrected chi connectivity index (χ0v) is 16.8. The summed E-state index contributed by atoms with van der Waals surface area (Å²) in [5, 5.41) is 12.1. The van der Waals surface area contributed by atoms with Crippen LogP contribution in [-0.2, 0) is 19.5 Å². The van der Waals surface area contributed by atoms with E-state index in [4.69, 9.17) is 4.74 Å². The standard InChI is InChI=1S/C21H21FN4O2S/c1-28-17-6-2-4-15-5-3-11-26(19(15)17)13-18-24-25-21(29-18)20(27)23-12-14-7-9-16(22)10-8-14/h2,4,6-10H,3,5,11-13H2,1H3,(H,23,27). The second kappa shape index (κ2) is 8.57. The van der Waals surface area contributed by atoms with Crippen molar-refractivity contribution in [2.24, 2.45) is 0 Å². The number of carbonyl (C=O) groups excluding carboxylic acids is 1. The maximum absolute atomic E-state index is 13.0. The molecule has 0 saturated carbocycles. The molecule has 3 aromatic rings. The van der Waals surface area contributed by atoms with Gasteiger partial charge in [-0.2, -0.15) is 0 Å². The predicted molar refractivity (Wildman–Crippen MR) is 110 cm³/mol. The largest absolute Gasteiger partial charge is 0.495 e. The number of benzene rings is 2. The summed E-state index contributed by atoms with van der Waals surface area (Å²) in [5.74, 6) is 0.267. The molecule has 1 aliphatic rings. The highest BCUT2D eigenvalue weighted by molar-refractivity contribution is 7.13. The lowest BCUT2D eigenvalue weighted by Crippen LogP contribution is -2.29. The third-order valence-electron chi connectivity index (χ3n) is 4.85. The summed E-state index contributed by atoms with van der Waals surface area (Å²) >= 11 is 1.28. The minimum atomic E-state index is -0.301. The number of aryl methyl sites for hydroxylation is 1. The summed E-state index contributed by atoms with van der Waals surface area (Å²) in [6, 6.07) is 12.1. The molecular formula is C21H21FN4O2S. The molecule has 0 aliphatic carbocycles. The van der Waals surface area contributed by atoms with Gasteiger partial charge in [0.1, 0.15) is 16.6 Å². The van der Waals surface area contributed by atoms with Crippen molar-refractivity contribution in [3.8, 4) is 5.75 Å². The second-order valence-electron chi connectivity index (χ2n) is 6.80. The zero-order valence-electron chi connectivity index (χ0n) is 16.0. The van der Waals surface area contributed by atoms with Gasteiger partial charge < -0.3 is 15.0 Å². The van der Waals surface area contributed by atoms with Crippen molar-refractivity contribution >= 4 is 22.9 Å². The first-order valence-corrected chi connectivity index (χ1v) is 10.2. The molecule has 4 rings (SSSR count). The molecule has 0 atom stereocenters. The molecule has 6 nitrogen and oxygen atoms in total. The maximum atomic E-state index is 13.0. The van der Waals surface area contributed by atoms with Crippen LogP contribution in [0.2, 0.25) is 0 Å². The molecule has 1 aliphatic heterocycles. The molecule has 0 fully saturated rings. The van der Waals surface area contributed by atoms with Gasteiger partial charge in [0.25, 0.3) is 5.91 Å². The van der Waals surface area contributed by atoms with Crippen LogP contribution < -0.4 is 15.0 Å². The molecular weight excluding hydrogens is 391 g/mol. The van der Waals surface area contributed by atoms with Crippen LogP contribution in [0.25, 0.3) is 0 Å². The number of anilines is 1. The van der Waals surface area contributed by atoms with Gasteiger partial charge in [0, 0.05) is 13.1 Å². The van der Waals surface area contributed by atoms with Gasteiger partial charge in [-0.3, -0.25) is 4.79 Å². The van der Waals surface area contributed by atoms with E-state index in [9.17, 15) is 9.18 Å². The van der Waals surface area contributed by atoms with Crippen LogP contribution in [0.4, 0.5) is 10.1 Å². The topological polar surface area (TPSA) is 67.3 Å². The Labute approximate surface area is 172 Å². The fraction of sp³-hybridized carbons (Fsp3) is 0.286. The molecule has 0 saturated heterocycles. The number of halogens is 1. The first-order valence-electron chi connectivity index (χ1n) is 9.40. The Kier molecular flexibility index (Phi) is 5.71. The summed E-state index contributed by atoms with van der Waals surface area (Å²) in [5.41, 5.74) is 3.18. The molecule has 1 N–H and O–H groups in total. The molecule has 8 heteroatoms. The molecule has 1 aromatic heterocycles. The Morgan fingerprint density at radius 2 is 2.07 bits per heavy atom. The number of rotatable bonds is 6. The SMILES string of the molecule is COc1cccc2c1N(Cc1nnc(C(=O)NCc3ccc(F)cc3)s1)CCC2. The summed E-state index contributed by atoms with van der Waals surface area (Å²) in [6.07, 6.45) is 2.08. The van der Waals surface area contributed by atoms with Crippen LogP contribution in [0.5, 0.6) is 5.75 Å². The fourth-order valence-electron chi connectivity index (χ4n) is 3.46. The predicted octanol–water partition coefficient (Wildman–Crippen LogP) is 3.57. The van der Waals surface area contributed by atoms with E-state index in [-0.39, 0.29) is 11.7 Å². The summed E-state index contributed by atoms with van der Waals surface area (Å²) in [6.45, 7) is 1.79.